The zero-order valence-corrected chi connectivity index (χ0v) is 9.73. The van der Waals surface area contributed by atoms with E-state index in [2.05, 4.69) is 18.8 Å². The summed E-state index contributed by atoms with van der Waals surface area (Å²) in [6.45, 7) is 4.54. The lowest BCUT2D eigenvalue weighted by Gasteiger charge is -2.46. The molecule has 1 saturated carbocycles. The Bertz CT molecular complexity index is 305. The van der Waals surface area contributed by atoms with Crippen molar-refractivity contribution in [1.29, 1.82) is 0 Å². The van der Waals surface area contributed by atoms with Gasteiger partial charge in [-0.3, -0.25) is 0 Å². The number of rotatable bonds is 1. The lowest BCUT2D eigenvalue weighted by atomic mass is 9.64. The van der Waals surface area contributed by atoms with Gasteiger partial charge < -0.3 is 5.73 Å². The number of thiazole rings is 1. The van der Waals surface area contributed by atoms with Crippen molar-refractivity contribution >= 4 is 11.3 Å². The molecule has 1 aromatic rings. The number of hydrogen-bond donors (Lipinski definition) is 1. The van der Waals surface area contributed by atoms with Crippen LogP contribution < -0.4 is 5.73 Å². The van der Waals surface area contributed by atoms with Gasteiger partial charge in [0.05, 0.1) is 5.54 Å². The molecule has 3 heteroatoms. The first-order chi connectivity index (χ1) is 6.56. The van der Waals surface area contributed by atoms with E-state index in [1.165, 1.54) is 19.3 Å². The Labute approximate surface area is 89.5 Å². The molecule has 78 valence electrons. The molecule has 0 radical (unpaired) electrons. The predicted octanol–water partition coefficient (Wildman–Crippen LogP) is 2.90. The quantitative estimate of drug-likeness (QED) is 0.774. The van der Waals surface area contributed by atoms with Crippen molar-refractivity contribution in [3.63, 3.8) is 0 Å². The number of aromatic nitrogens is 1. The highest BCUT2D eigenvalue weighted by atomic mass is 32.1. The predicted molar refractivity (Wildman–Crippen MR) is 60.2 cm³/mol. The Morgan fingerprint density at radius 2 is 2.07 bits per heavy atom. The molecule has 1 unspecified atom stereocenters. The molecule has 0 bridgehead atoms. The van der Waals surface area contributed by atoms with Gasteiger partial charge in [-0.15, -0.1) is 11.3 Å². The van der Waals surface area contributed by atoms with E-state index in [1.807, 2.05) is 11.6 Å². The van der Waals surface area contributed by atoms with Gasteiger partial charge in [-0.25, -0.2) is 4.98 Å². The van der Waals surface area contributed by atoms with Gasteiger partial charge in [-0.2, -0.15) is 0 Å². The van der Waals surface area contributed by atoms with E-state index >= 15 is 0 Å². The molecular formula is C11H18N2S. The molecule has 1 aliphatic rings. The van der Waals surface area contributed by atoms with Crippen molar-refractivity contribution in [3.05, 3.63) is 16.6 Å². The van der Waals surface area contributed by atoms with Crippen molar-refractivity contribution < 1.29 is 0 Å². The van der Waals surface area contributed by atoms with Gasteiger partial charge in [0.25, 0.3) is 0 Å². The summed E-state index contributed by atoms with van der Waals surface area (Å²) in [6, 6.07) is 0. The first-order valence-electron chi connectivity index (χ1n) is 5.25. The minimum atomic E-state index is -0.195. The van der Waals surface area contributed by atoms with Crippen LogP contribution in [-0.2, 0) is 5.54 Å². The Balaban J connectivity index is 2.37. The normalized spacial score (nSPS) is 31.6. The van der Waals surface area contributed by atoms with Crippen molar-refractivity contribution in [2.45, 2.75) is 45.1 Å². The summed E-state index contributed by atoms with van der Waals surface area (Å²) in [6.07, 6.45) is 6.69. The third kappa shape index (κ3) is 1.39. The molecule has 0 aliphatic heterocycles. The highest BCUT2D eigenvalue weighted by molar-refractivity contribution is 7.09. The van der Waals surface area contributed by atoms with Crippen LogP contribution >= 0.6 is 11.3 Å². The summed E-state index contributed by atoms with van der Waals surface area (Å²) in [5, 5.41) is 3.14. The summed E-state index contributed by atoms with van der Waals surface area (Å²) in [7, 11) is 0. The van der Waals surface area contributed by atoms with Gasteiger partial charge in [0.2, 0.25) is 0 Å². The number of nitrogens with zero attached hydrogens (tertiary/aromatic N) is 1. The largest absolute Gasteiger partial charge is 0.319 e. The SMILES string of the molecule is CC1(C)CCCCC1(N)c1nccs1. The summed E-state index contributed by atoms with van der Waals surface area (Å²) in [5.74, 6) is 0. The van der Waals surface area contributed by atoms with Crippen LogP contribution in [0.5, 0.6) is 0 Å². The monoisotopic (exact) mass is 210 g/mol. The van der Waals surface area contributed by atoms with E-state index < -0.39 is 0 Å². The lowest BCUT2D eigenvalue weighted by molar-refractivity contribution is 0.0976. The molecule has 1 heterocycles. The van der Waals surface area contributed by atoms with Crippen LogP contribution in [0.2, 0.25) is 0 Å². The van der Waals surface area contributed by atoms with Crippen molar-refractivity contribution in [1.82, 2.24) is 4.98 Å². The van der Waals surface area contributed by atoms with E-state index in [0.717, 1.165) is 11.4 Å². The zero-order valence-electron chi connectivity index (χ0n) is 8.92. The minimum Gasteiger partial charge on any atom is -0.319 e. The van der Waals surface area contributed by atoms with Crippen LogP contribution in [0.3, 0.4) is 0 Å². The van der Waals surface area contributed by atoms with Gasteiger partial charge in [-0.05, 0) is 18.3 Å². The molecule has 0 spiro atoms. The third-order valence-electron chi connectivity index (χ3n) is 3.64. The fourth-order valence-corrected chi connectivity index (χ4v) is 3.33. The van der Waals surface area contributed by atoms with E-state index in [1.54, 1.807) is 11.3 Å². The Morgan fingerprint density at radius 3 is 2.64 bits per heavy atom. The smallest absolute Gasteiger partial charge is 0.113 e. The molecule has 1 fully saturated rings. The molecule has 0 amide bonds. The Morgan fingerprint density at radius 1 is 1.36 bits per heavy atom. The highest BCUT2D eigenvalue weighted by Gasteiger charge is 2.46. The van der Waals surface area contributed by atoms with Crippen LogP contribution in [0, 0.1) is 5.41 Å². The first kappa shape index (κ1) is 10.1. The minimum absolute atomic E-state index is 0.184. The van der Waals surface area contributed by atoms with Crippen LogP contribution in [0.25, 0.3) is 0 Å². The fourth-order valence-electron chi connectivity index (χ4n) is 2.37. The molecule has 0 aromatic carbocycles. The van der Waals surface area contributed by atoms with E-state index in [0.29, 0.717) is 0 Å². The van der Waals surface area contributed by atoms with Gasteiger partial charge in [0, 0.05) is 11.6 Å². The van der Waals surface area contributed by atoms with Crippen molar-refractivity contribution in [3.8, 4) is 0 Å². The average Bonchev–Trinajstić information content (AvgIpc) is 2.63. The van der Waals surface area contributed by atoms with Crippen LogP contribution in [0.4, 0.5) is 0 Å². The molecular weight excluding hydrogens is 192 g/mol. The summed E-state index contributed by atoms with van der Waals surface area (Å²) in [5.41, 5.74) is 6.54. The second-order valence-electron chi connectivity index (χ2n) is 4.90. The summed E-state index contributed by atoms with van der Waals surface area (Å²) >= 11 is 1.69. The standard InChI is InChI=1S/C11H18N2S/c1-10(2)5-3-4-6-11(10,12)9-13-7-8-14-9/h7-8H,3-6,12H2,1-2H3. The molecule has 14 heavy (non-hydrogen) atoms. The van der Waals surface area contributed by atoms with Crippen LogP contribution in [0.1, 0.15) is 44.5 Å². The molecule has 0 saturated heterocycles. The lowest BCUT2D eigenvalue weighted by Crippen LogP contribution is -2.51. The highest BCUT2D eigenvalue weighted by Crippen LogP contribution is 2.48. The van der Waals surface area contributed by atoms with Gasteiger partial charge in [0.1, 0.15) is 5.01 Å². The maximum atomic E-state index is 6.55. The van der Waals surface area contributed by atoms with E-state index in [4.69, 9.17) is 5.73 Å². The molecule has 2 nitrogen and oxygen atoms in total. The second kappa shape index (κ2) is 3.31. The topological polar surface area (TPSA) is 38.9 Å². The van der Waals surface area contributed by atoms with E-state index in [-0.39, 0.29) is 11.0 Å². The van der Waals surface area contributed by atoms with E-state index in [9.17, 15) is 0 Å². The summed E-state index contributed by atoms with van der Waals surface area (Å²) < 4.78 is 0. The van der Waals surface area contributed by atoms with Crippen LogP contribution in [0.15, 0.2) is 11.6 Å². The second-order valence-corrected chi connectivity index (χ2v) is 5.79. The zero-order chi connectivity index (χ0) is 10.2. The van der Waals surface area contributed by atoms with Gasteiger partial charge in [0.15, 0.2) is 0 Å². The maximum Gasteiger partial charge on any atom is 0.113 e. The van der Waals surface area contributed by atoms with Gasteiger partial charge in [-0.1, -0.05) is 26.7 Å². The third-order valence-corrected chi connectivity index (χ3v) is 4.60. The number of hydrogen-bond acceptors (Lipinski definition) is 3. The maximum absolute atomic E-state index is 6.55. The average molecular weight is 210 g/mol. The fraction of sp³-hybridized carbons (Fsp3) is 0.727. The van der Waals surface area contributed by atoms with Crippen molar-refractivity contribution in [2.75, 3.05) is 0 Å². The molecule has 2 rings (SSSR count). The molecule has 2 N–H and O–H groups in total. The Kier molecular flexibility index (Phi) is 2.40. The summed E-state index contributed by atoms with van der Waals surface area (Å²) in [4.78, 5) is 4.40. The van der Waals surface area contributed by atoms with Crippen molar-refractivity contribution in [2.24, 2.45) is 11.1 Å². The van der Waals surface area contributed by atoms with Crippen LogP contribution in [-0.4, -0.2) is 4.98 Å². The number of nitrogens with two attached hydrogens (primary N) is 1. The molecule has 1 aromatic heterocycles. The molecule has 1 atom stereocenters. The molecule has 1 aliphatic carbocycles. The first-order valence-corrected chi connectivity index (χ1v) is 6.13. The Hall–Kier alpha value is -0.410. The van der Waals surface area contributed by atoms with Gasteiger partial charge >= 0.3 is 0 Å².